The first-order valence-electron chi connectivity index (χ1n) is 10.00. The largest absolute Gasteiger partial charge is 0.347 e. The molecule has 2 unspecified atom stereocenters. The van der Waals surface area contributed by atoms with E-state index in [0.29, 0.717) is 29.5 Å². The van der Waals surface area contributed by atoms with Crippen molar-refractivity contribution in [2.75, 3.05) is 0 Å². The average molecular weight is 345 g/mol. The van der Waals surface area contributed by atoms with Gasteiger partial charge >= 0.3 is 0 Å². The number of nitrogens with one attached hydrogen (secondary N) is 1. The summed E-state index contributed by atoms with van der Waals surface area (Å²) in [4.78, 5) is 12.9. The Morgan fingerprint density at radius 2 is 1.84 bits per heavy atom. The zero-order chi connectivity index (χ0) is 17.8. The molecule has 3 aliphatic carbocycles. The summed E-state index contributed by atoms with van der Waals surface area (Å²) in [5.74, 6) is 1.67. The lowest BCUT2D eigenvalue weighted by molar-refractivity contribution is 0.0750. The average Bonchev–Trinajstić information content (AvgIpc) is 3.25. The van der Waals surface area contributed by atoms with Crippen LogP contribution in [-0.4, -0.2) is 27.8 Å². The molecule has 1 heterocycles. The Morgan fingerprint density at radius 3 is 2.40 bits per heavy atom. The van der Waals surface area contributed by atoms with E-state index in [1.807, 2.05) is 6.07 Å². The third kappa shape index (κ3) is 3.35. The van der Waals surface area contributed by atoms with Gasteiger partial charge < -0.3 is 11.1 Å². The van der Waals surface area contributed by atoms with Crippen molar-refractivity contribution in [3.63, 3.8) is 0 Å². The Balaban J connectivity index is 1.53. The number of hydrogen-bond donors (Lipinski definition) is 2. The van der Waals surface area contributed by atoms with E-state index in [2.05, 4.69) is 30.8 Å². The number of carbonyl (C=O) groups excluding carboxylic acids is 1. The van der Waals surface area contributed by atoms with Gasteiger partial charge in [-0.05, 0) is 77.2 Å². The zero-order valence-corrected chi connectivity index (χ0v) is 15.8. The molecule has 3 saturated carbocycles. The number of nitrogens with two attached hydrogens (primary N) is 1. The van der Waals surface area contributed by atoms with Crippen LogP contribution < -0.4 is 11.1 Å². The van der Waals surface area contributed by atoms with Gasteiger partial charge in [-0.1, -0.05) is 6.42 Å². The number of fused-ring (bicyclic) bond motifs is 2. The highest BCUT2D eigenvalue weighted by Gasteiger charge is 2.40. The minimum Gasteiger partial charge on any atom is -0.347 e. The number of amides is 1. The number of aromatic nitrogens is 2. The molecular weight excluding hydrogens is 312 g/mol. The van der Waals surface area contributed by atoms with Gasteiger partial charge in [0.2, 0.25) is 0 Å². The van der Waals surface area contributed by atoms with Crippen LogP contribution in [0.3, 0.4) is 0 Å². The summed E-state index contributed by atoms with van der Waals surface area (Å²) in [5.41, 5.74) is 7.93. The summed E-state index contributed by atoms with van der Waals surface area (Å²) < 4.78 is 2.07. The molecule has 2 atom stereocenters. The Kier molecular flexibility index (Phi) is 4.18. The molecule has 0 saturated heterocycles. The van der Waals surface area contributed by atoms with E-state index in [1.54, 1.807) is 0 Å². The van der Waals surface area contributed by atoms with Crippen LogP contribution in [0.25, 0.3) is 0 Å². The fraction of sp³-hybridized carbons (Fsp3) is 0.800. The first-order valence-corrected chi connectivity index (χ1v) is 10.00. The van der Waals surface area contributed by atoms with E-state index in [9.17, 15) is 4.79 Å². The molecule has 5 heteroatoms. The molecule has 3 N–H and O–H groups in total. The van der Waals surface area contributed by atoms with Crippen LogP contribution in [0.1, 0.15) is 87.8 Å². The van der Waals surface area contributed by atoms with Crippen LogP contribution in [-0.2, 0) is 5.54 Å². The van der Waals surface area contributed by atoms with Crippen molar-refractivity contribution in [3.05, 3.63) is 17.5 Å². The van der Waals surface area contributed by atoms with Crippen LogP contribution in [0.2, 0.25) is 0 Å². The van der Waals surface area contributed by atoms with Crippen LogP contribution in [0, 0.1) is 11.8 Å². The number of nitrogens with zero attached hydrogens (tertiary/aromatic N) is 2. The molecule has 0 aromatic carbocycles. The fourth-order valence-corrected chi connectivity index (χ4v) is 4.96. The van der Waals surface area contributed by atoms with Crippen LogP contribution in [0.4, 0.5) is 0 Å². The predicted octanol–water partition coefficient (Wildman–Crippen LogP) is 3.15. The van der Waals surface area contributed by atoms with Crippen molar-refractivity contribution in [2.24, 2.45) is 17.6 Å². The summed E-state index contributed by atoms with van der Waals surface area (Å²) in [5, 5.41) is 8.04. The Labute approximate surface area is 150 Å². The summed E-state index contributed by atoms with van der Waals surface area (Å²) in [6.07, 6.45) is 8.19. The highest BCUT2D eigenvalue weighted by atomic mass is 16.2. The standard InChI is InChI=1S/C20H32N4O/c1-20(2,3)24-17(12-7-8-12)11-16(23-24)19(25)22-18-13-5-4-6-14(18)10-15(21)9-13/h11-15,18H,4-10,21H2,1-3H3,(H,22,25). The van der Waals surface area contributed by atoms with Gasteiger partial charge in [0.15, 0.2) is 0 Å². The summed E-state index contributed by atoms with van der Waals surface area (Å²) in [6.45, 7) is 6.46. The minimum absolute atomic E-state index is 0.00210. The summed E-state index contributed by atoms with van der Waals surface area (Å²) >= 11 is 0. The second-order valence-corrected chi connectivity index (χ2v) is 9.49. The van der Waals surface area contributed by atoms with Gasteiger partial charge in [0.1, 0.15) is 5.69 Å². The molecule has 0 radical (unpaired) electrons. The van der Waals surface area contributed by atoms with E-state index in [4.69, 9.17) is 10.8 Å². The highest BCUT2D eigenvalue weighted by Crippen LogP contribution is 2.42. The molecule has 25 heavy (non-hydrogen) atoms. The van der Waals surface area contributed by atoms with Crippen molar-refractivity contribution < 1.29 is 4.79 Å². The maximum absolute atomic E-state index is 12.9. The molecule has 138 valence electrons. The van der Waals surface area contributed by atoms with E-state index >= 15 is 0 Å². The number of carbonyl (C=O) groups is 1. The Bertz CT molecular complexity index is 641. The van der Waals surface area contributed by atoms with Crippen molar-refractivity contribution in [3.8, 4) is 0 Å². The first-order chi connectivity index (χ1) is 11.8. The second kappa shape index (κ2) is 6.11. The normalized spacial score (nSPS) is 32.5. The van der Waals surface area contributed by atoms with Crippen molar-refractivity contribution >= 4 is 5.91 Å². The molecule has 1 aromatic rings. The molecule has 3 fully saturated rings. The lowest BCUT2D eigenvalue weighted by Gasteiger charge is -2.45. The topological polar surface area (TPSA) is 72.9 Å². The number of rotatable bonds is 3. The van der Waals surface area contributed by atoms with E-state index in [0.717, 1.165) is 12.8 Å². The summed E-state index contributed by atoms with van der Waals surface area (Å²) in [7, 11) is 0. The third-order valence-corrected chi connectivity index (χ3v) is 6.27. The smallest absolute Gasteiger partial charge is 0.272 e. The van der Waals surface area contributed by atoms with Gasteiger partial charge in [0.05, 0.1) is 5.54 Å². The fourth-order valence-electron chi connectivity index (χ4n) is 4.96. The van der Waals surface area contributed by atoms with Crippen LogP contribution >= 0.6 is 0 Å². The molecular formula is C20H32N4O. The predicted molar refractivity (Wildman–Crippen MR) is 98.5 cm³/mol. The van der Waals surface area contributed by atoms with E-state index in [-0.39, 0.29) is 17.5 Å². The highest BCUT2D eigenvalue weighted by molar-refractivity contribution is 5.92. The molecule has 0 aliphatic heterocycles. The maximum Gasteiger partial charge on any atom is 0.272 e. The molecule has 3 aliphatic rings. The maximum atomic E-state index is 12.9. The monoisotopic (exact) mass is 344 g/mol. The Morgan fingerprint density at radius 1 is 1.20 bits per heavy atom. The summed E-state index contributed by atoms with van der Waals surface area (Å²) in [6, 6.07) is 2.62. The molecule has 4 rings (SSSR count). The molecule has 1 aromatic heterocycles. The van der Waals surface area contributed by atoms with Gasteiger partial charge in [0, 0.05) is 23.7 Å². The van der Waals surface area contributed by atoms with Crippen LogP contribution in [0.15, 0.2) is 6.07 Å². The van der Waals surface area contributed by atoms with Gasteiger partial charge in [-0.3, -0.25) is 9.48 Å². The molecule has 0 spiro atoms. The van der Waals surface area contributed by atoms with E-state index in [1.165, 1.54) is 37.8 Å². The zero-order valence-electron chi connectivity index (χ0n) is 15.8. The van der Waals surface area contributed by atoms with Crippen molar-refractivity contribution in [1.29, 1.82) is 0 Å². The molecule has 5 nitrogen and oxygen atoms in total. The van der Waals surface area contributed by atoms with Gasteiger partial charge in [0.25, 0.3) is 5.91 Å². The van der Waals surface area contributed by atoms with Gasteiger partial charge in [-0.25, -0.2) is 0 Å². The lowest BCUT2D eigenvalue weighted by Crippen LogP contribution is -2.53. The van der Waals surface area contributed by atoms with Crippen LogP contribution in [0.5, 0.6) is 0 Å². The van der Waals surface area contributed by atoms with Gasteiger partial charge in [-0.15, -0.1) is 0 Å². The Hall–Kier alpha value is -1.36. The molecule has 2 bridgehead atoms. The van der Waals surface area contributed by atoms with Gasteiger partial charge in [-0.2, -0.15) is 5.10 Å². The van der Waals surface area contributed by atoms with Crippen molar-refractivity contribution in [2.45, 2.75) is 89.3 Å². The minimum atomic E-state index is -0.0927. The quantitative estimate of drug-likeness (QED) is 0.884. The van der Waals surface area contributed by atoms with E-state index < -0.39 is 0 Å². The first kappa shape index (κ1) is 17.1. The second-order valence-electron chi connectivity index (χ2n) is 9.49. The SMILES string of the molecule is CC(C)(C)n1nc(C(=O)NC2C3CCCC2CC(N)C3)cc1C1CC1. The molecule has 1 amide bonds. The lowest BCUT2D eigenvalue weighted by atomic mass is 9.67. The third-order valence-electron chi connectivity index (χ3n) is 6.27. The van der Waals surface area contributed by atoms with Crippen molar-refractivity contribution in [1.82, 2.24) is 15.1 Å². The number of hydrogen-bond acceptors (Lipinski definition) is 3.